The summed E-state index contributed by atoms with van der Waals surface area (Å²) in [5, 5.41) is 20.5. The quantitative estimate of drug-likeness (QED) is 0.451. The molecular weight excluding hydrogens is 294 g/mol. The number of hydrogen-bond donors (Lipinski definition) is 1. The molecule has 2 aromatic heterocycles. The van der Waals surface area contributed by atoms with Gasteiger partial charge in [-0.05, 0) is 36.4 Å². The second-order valence-corrected chi connectivity index (χ2v) is 5.20. The first-order valence-electron chi connectivity index (χ1n) is 6.98. The zero-order valence-corrected chi connectivity index (χ0v) is 11.9. The van der Waals surface area contributed by atoms with Crippen molar-refractivity contribution in [1.82, 2.24) is 9.38 Å². The molecule has 6 heteroatoms. The standard InChI is InChI=1S/C17H11N3O3/c21-13-7-8-15-14(10-13)18-17(16-2-1-9-19(15)16)11-3-5-12(6-4-11)20(22)23/h1-10,21H. The van der Waals surface area contributed by atoms with Gasteiger partial charge in [-0.15, -0.1) is 0 Å². The molecule has 2 aromatic carbocycles. The Balaban J connectivity index is 2.00. The van der Waals surface area contributed by atoms with Gasteiger partial charge in [0.25, 0.3) is 5.69 Å². The van der Waals surface area contributed by atoms with Crippen molar-refractivity contribution < 1.29 is 10.0 Å². The van der Waals surface area contributed by atoms with Gasteiger partial charge < -0.3 is 9.51 Å². The molecule has 0 atom stereocenters. The van der Waals surface area contributed by atoms with Gasteiger partial charge in [-0.3, -0.25) is 10.1 Å². The minimum Gasteiger partial charge on any atom is -0.508 e. The van der Waals surface area contributed by atoms with Crippen LogP contribution in [0.25, 0.3) is 27.8 Å². The van der Waals surface area contributed by atoms with E-state index in [0.717, 1.165) is 16.6 Å². The number of nitrogens with zero attached hydrogens (tertiary/aromatic N) is 3. The van der Waals surface area contributed by atoms with Crippen LogP contribution in [0.3, 0.4) is 0 Å². The van der Waals surface area contributed by atoms with E-state index in [4.69, 9.17) is 0 Å². The fourth-order valence-corrected chi connectivity index (χ4v) is 2.72. The molecule has 0 bridgehead atoms. The number of hydrogen-bond acceptors (Lipinski definition) is 4. The normalized spacial score (nSPS) is 11.1. The van der Waals surface area contributed by atoms with Gasteiger partial charge in [0.05, 0.1) is 27.2 Å². The molecule has 23 heavy (non-hydrogen) atoms. The van der Waals surface area contributed by atoms with Crippen LogP contribution in [0.5, 0.6) is 5.75 Å². The Kier molecular flexibility index (Phi) is 2.77. The van der Waals surface area contributed by atoms with Crippen molar-refractivity contribution in [1.29, 1.82) is 0 Å². The van der Waals surface area contributed by atoms with Crippen molar-refractivity contribution >= 4 is 22.2 Å². The molecule has 1 N–H and O–H groups in total. The van der Waals surface area contributed by atoms with Gasteiger partial charge in [0.15, 0.2) is 0 Å². The Hall–Kier alpha value is -3.41. The zero-order valence-electron chi connectivity index (χ0n) is 11.9. The Morgan fingerprint density at radius 3 is 2.57 bits per heavy atom. The number of phenolic OH excluding ortho intramolecular Hbond substituents is 1. The highest BCUT2D eigenvalue weighted by molar-refractivity contribution is 5.88. The molecule has 0 aliphatic heterocycles. The third-order valence-electron chi connectivity index (χ3n) is 3.79. The smallest absolute Gasteiger partial charge is 0.269 e. The Morgan fingerprint density at radius 2 is 1.83 bits per heavy atom. The van der Waals surface area contributed by atoms with E-state index in [1.54, 1.807) is 24.3 Å². The summed E-state index contributed by atoms with van der Waals surface area (Å²) in [6, 6.07) is 15.2. The molecule has 2 heterocycles. The van der Waals surface area contributed by atoms with E-state index in [0.29, 0.717) is 11.2 Å². The van der Waals surface area contributed by atoms with Crippen LogP contribution in [-0.4, -0.2) is 19.4 Å². The van der Waals surface area contributed by atoms with E-state index in [1.165, 1.54) is 12.1 Å². The second-order valence-electron chi connectivity index (χ2n) is 5.20. The zero-order chi connectivity index (χ0) is 16.0. The Labute approximate surface area is 130 Å². The van der Waals surface area contributed by atoms with Crippen molar-refractivity contribution in [2.75, 3.05) is 0 Å². The highest BCUT2D eigenvalue weighted by atomic mass is 16.6. The number of rotatable bonds is 2. The second kappa shape index (κ2) is 4.81. The van der Waals surface area contributed by atoms with Crippen LogP contribution in [0, 0.1) is 10.1 Å². The van der Waals surface area contributed by atoms with E-state index < -0.39 is 4.92 Å². The molecule has 0 fully saturated rings. The average Bonchev–Trinajstić information content (AvgIpc) is 3.03. The molecule has 0 aliphatic carbocycles. The first kappa shape index (κ1) is 13.3. The van der Waals surface area contributed by atoms with Crippen LogP contribution < -0.4 is 0 Å². The number of non-ortho nitro benzene ring substituents is 1. The van der Waals surface area contributed by atoms with Crippen molar-refractivity contribution in [3.05, 3.63) is 70.9 Å². The number of benzene rings is 2. The number of aromatic nitrogens is 2. The molecule has 0 unspecified atom stereocenters. The van der Waals surface area contributed by atoms with Gasteiger partial charge in [0, 0.05) is 30.0 Å². The van der Waals surface area contributed by atoms with Crippen LogP contribution in [-0.2, 0) is 0 Å². The molecule has 4 rings (SSSR count). The summed E-state index contributed by atoms with van der Waals surface area (Å²) in [5.41, 5.74) is 3.97. The third-order valence-corrected chi connectivity index (χ3v) is 3.79. The maximum atomic E-state index is 10.8. The highest BCUT2D eigenvalue weighted by Crippen LogP contribution is 2.29. The van der Waals surface area contributed by atoms with Gasteiger partial charge in [-0.2, -0.15) is 0 Å². The third kappa shape index (κ3) is 2.08. The Bertz CT molecular complexity index is 1050. The Morgan fingerprint density at radius 1 is 1.04 bits per heavy atom. The summed E-state index contributed by atoms with van der Waals surface area (Å²) < 4.78 is 1.98. The maximum absolute atomic E-state index is 10.8. The number of fused-ring (bicyclic) bond motifs is 3. The fraction of sp³-hybridized carbons (Fsp3) is 0. The number of nitro groups is 1. The highest BCUT2D eigenvalue weighted by Gasteiger charge is 2.12. The maximum Gasteiger partial charge on any atom is 0.269 e. The monoisotopic (exact) mass is 305 g/mol. The molecule has 0 saturated heterocycles. The average molecular weight is 305 g/mol. The van der Waals surface area contributed by atoms with E-state index in [2.05, 4.69) is 4.98 Å². The molecule has 0 radical (unpaired) electrons. The lowest BCUT2D eigenvalue weighted by molar-refractivity contribution is -0.384. The lowest BCUT2D eigenvalue weighted by Crippen LogP contribution is -1.95. The minimum absolute atomic E-state index is 0.0404. The summed E-state index contributed by atoms with van der Waals surface area (Å²) in [6.07, 6.45) is 1.92. The van der Waals surface area contributed by atoms with Crippen molar-refractivity contribution in [3.63, 3.8) is 0 Å². The summed E-state index contributed by atoms with van der Waals surface area (Å²) >= 11 is 0. The first-order valence-corrected chi connectivity index (χ1v) is 6.98. The SMILES string of the molecule is O=[N+]([O-])c1ccc(-c2nc3cc(O)ccc3n3cccc23)cc1. The lowest BCUT2D eigenvalue weighted by Gasteiger charge is -2.09. The van der Waals surface area contributed by atoms with Crippen LogP contribution >= 0.6 is 0 Å². The van der Waals surface area contributed by atoms with E-state index in [9.17, 15) is 15.2 Å². The van der Waals surface area contributed by atoms with E-state index in [-0.39, 0.29) is 11.4 Å². The number of phenols is 1. The predicted octanol–water partition coefficient (Wildman–Crippen LogP) is 3.77. The van der Waals surface area contributed by atoms with E-state index >= 15 is 0 Å². The predicted molar refractivity (Wildman–Crippen MR) is 86.5 cm³/mol. The lowest BCUT2D eigenvalue weighted by atomic mass is 10.1. The topological polar surface area (TPSA) is 80.7 Å². The molecule has 0 amide bonds. The first-order chi connectivity index (χ1) is 11.1. The number of aromatic hydroxyl groups is 1. The van der Waals surface area contributed by atoms with E-state index in [1.807, 2.05) is 28.8 Å². The summed E-state index contributed by atoms with van der Waals surface area (Å²) in [4.78, 5) is 15.0. The molecule has 6 nitrogen and oxygen atoms in total. The molecule has 4 aromatic rings. The molecule has 0 spiro atoms. The minimum atomic E-state index is -0.428. The fourth-order valence-electron chi connectivity index (χ4n) is 2.72. The van der Waals surface area contributed by atoms with Crippen molar-refractivity contribution in [2.24, 2.45) is 0 Å². The summed E-state index contributed by atoms with van der Waals surface area (Å²) in [6.45, 7) is 0. The van der Waals surface area contributed by atoms with Crippen molar-refractivity contribution in [2.45, 2.75) is 0 Å². The van der Waals surface area contributed by atoms with Gasteiger partial charge in [0.1, 0.15) is 5.75 Å². The number of nitro benzene ring substituents is 1. The molecular formula is C17H11N3O3. The van der Waals surface area contributed by atoms with Gasteiger partial charge >= 0.3 is 0 Å². The summed E-state index contributed by atoms with van der Waals surface area (Å²) in [7, 11) is 0. The van der Waals surface area contributed by atoms with Crippen LogP contribution in [0.4, 0.5) is 5.69 Å². The summed E-state index contributed by atoms with van der Waals surface area (Å²) in [5.74, 6) is 0.145. The molecule has 112 valence electrons. The molecule has 0 aliphatic rings. The van der Waals surface area contributed by atoms with Crippen LogP contribution in [0.1, 0.15) is 0 Å². The van der Waals surface area contributed by atoms with Gasteiger partial charge in [-0.25, -0.2) is 4.98 Å². The van der Waals surface area contributed by atoms with Crippen molar-refractivity contribution in [3.8, 4) is 17.0 Å². The van der Waals surface area contributed by atoms with Gasteiger partial charge in [0.2, 0.25) is 0 Å². The molecule has 0 saturated carbocycles. The largest absolute Gasteiger partial charge is 0.508 e. The van der Waals surface area contributed by atoms with Crippen LogP contribution in [0.15, 0.2) is 60.8 Å². The van der Waals surface area contributed by atoms with Crippen LogP contribution in [0.2, 0.25) is 0 Å². The van der Waals surface area contributed by atoms with Gasteiger partial charge in [-0.1, -0.05) is 0 Å².